The minimum absolute atomic E-state index is 0.00389. The molecule has 2 aromatic heterocycles. The highest BCUT2D eigenvalue weighted by Crippen LogP contribution is 2.48. The molecular formula is C30H40N2O2S2. The molecule has 0 fully saturated rings. The maximum atomic E-state index is 14.2. The summed E-state index contributed by atoms with van der Waals surface area (Å²) in [6.07, 6.45) is 8.91. The lowest BCUT2D eigenvalue weighted by Crippen LogP contribution is -2.34. The highest BCUT2D eigenvalue weighted by molar-refractivity contribution is 7.11. The second-order valence-electron chi connectivity index (χ2n) is 10.1. The zero-order chi connectivity index (χ0) is 25.7. The molecule has 0 bridgehead atoms. The van der Waals surface area contributed by atoms with Crippen LogP contribution in [0, 0.1) is 11.8 Å². The number of fused-ring (bicyclic) bond motifs is 1. The Balaban J connectivity index is 1.81. The third-order valence-corrected chi connectivity index (χ3v) is 9.41. The third kappa shape index (κ3) is 5.26. The van der Waals surface area contributed by atoms with Crippen LogP contribution in [0.2, 0.25) is 0 Å². The van der Waals surface area contributed by atoms with Crippen LogP contribution in [-0.4, -0.2) is 34.7 Å². The van der Waals surface area contributed by atoms with Crippen molar-refractivity contribution in [3.63, 3.8) is 0 Å². The highest BCUT2D eigenvalue weighted by atomic mass is 32.1. The third-order valence-electron chi connectivity index (χ3n) is 7.66. The second kappa shape index (κ2) is 12.4. The Morgan fingerprint density at radius 3 is 1.42 bits per heavy atom. The van der Waals surface area contributed by atoms with Crippen LogP contribution >= 0.6 is 22.7 Å². The van der Waals surface area contributed by atoms with E-state index < -0.39 is 0 Å². The number of thiophene rings is 2. The quantitative estimate of drug-likeness (QED) is 0.251. The van der Waals surface area contributed by atoms with Crippen molar-refractivity contribution in [1.82, 2.24) is 9.80 Å². The first kappa shape index (κ1) is 26.9. The normalized spacial score (nSPS) is 17.6. The van der Waals surface area contributed by atoms with E-state index in [1.807, 2.05) is 32.7 Å². The van der Waals surface area contributed by atoms with Crippen LogP contribution in [0.4, 0.5) is 0 Å². The Bertz CT molecular complexity index is 1010. The van der Waals surface area contributed by atoms with Crippen molar-refractivity contribution in [3.8, 4) is 0 Å². The van der Waals surface area contributed by atoms with Crippen molar-refractivity contribution in [3.05, 3.63) is 55.9 Å². The van der Waals surface area contributed by atoms with Crippen LogP contribution in [0.3, 0.4) is 0 Å². The van der Waals surface area contributed by atoms with E-state index in [0.717, 1.165) is 72.5 Å². The Hall–Kier alpha value is -2.18. The molecule has 194 valence electrons. The van der Waals surface area contributed by atoms with Gasteiger partial charge >= 0.3 is 0 Å². The molecule has 4 rings (SSSR count). The molecule has 0 N–H and O–H groups in total. The van der Waals surface area contributed by atoms with Crippen molar-refractivity contribution in [2.75, 3.05) is 13.1 Å². The van der Waals surface area contributed by atoms with Crippen LogP contribution in [0.15, 0.2) is 46.2 Å². The van der Waals surface area contributed by atoms with Gasteiger partial charge in [0, 0.05) is 13.1 Å². The van der Waals surface area contributed by atoms with Crippen molar-refractivity contribution in [2.24, 2.45) is 11.8 Å². The zero-order valence-corrected chi connectivity index (χ0v) is 23.9. The molecule has 0 aromatic carbocycles. The Morgan fingerprint density at radius 2 is 1.11 bits per heavy atom. The summed E-state index contributed by atoms with van der Waals surface area (Å²) in [5.41, 5.74) is 2.93. The minimum atomic E-state index is 0.00389. The predicted octanol–water partition coefficient (Wildman–Crippen LogP) is 8.05. The molecule has 6 heteroatoms. The molecule has 0 saturated carbocycles. The molecule has 2 aliphatic rings. The fourth-order valence-corrected chi connectivity index (χ4v) is 7.00. The Morgan fingerprint density at radius 1 is 0.694 bits per heavy atom. The molecule has 2 aliphatic heterocycles. The summed E-state index contributed by atoms with van der Waals surface area (Å²) < 4.78 is 0. The van der Waals surface area contributed by atoms with Crippen molar-refractivity contribution in [1.29, 1.82) is 0 Å². The number of amides is 2. The van der Waals surface area contributed by atoms with E-state index in [1.165, 1.54) is 0 Å². The molecule has 0 spiro atoms. The van der Waals surface area contributed by atoms with Gasteiger partial charge in [0.25, 0.3) is 11.8 Å². The van der Waals surface area contributed by atoms with Gasteiger partial charge in [0.05, 0.1) is 32.3 Å². The Kier molecular flexibility index (Phi) is 9.24. The molecule has 4 nitrogen and oxygen atoms in total. The van der Waals surface area contributed by atoms with E-state index in [-0.39, 0.29) is 11.8 Å². The zero-order valence-electron chi connectivity index (χ0n) is 22.2. The number of hydrogen-bond acceptors (Lipinski definition) is 4. The molecule has 0 radical (unpaired) electrons. The van der Waals surface area contributed by atoms with Crippen LogP contribution in [0.5, 0.6) is 0 Å². The standard InChI is InChI=1S/C30H40N2O2S2/c1-5-9-13-21(7-3)19-31-27(23-15-11-17-35-23)25-26(29(31)33)28(24-16-12-18-36-24)32(30(25)34)20-22(8-4)14-10-6-2/h11-12,15-18,21-22H,5-10,13-14,19-20H2,1-4H3/t21-,22-/m0/s1. The second-order valence-corrected chi connectivity index (χ2v) is 12.0. The van der Waals surface area contributed by atoms with Gasteiger partial charge in [0.15, 0.2) is 0 Å². The SMILES string of the molecule is CCCC[C@H](CC)CN1C(=O)C2=C(c3cccs3)N(C[C@@H](CC)CCCC)C(=O)C2=C1c1cccs1. The number of carbonyl (C=O) groups is 2. The topological polar surface area (TPSA) is 40.6 Å². The van der Waals surface area contributed by atoms with Crippen molar-refractivity contribution in [2.45, 2.75) is 79.1 Å². The average molecular weight is 525 g/mol. The fourth-order valence-electron chi connectivity index (χ4n) is 5.43. The van der Waals surface area contributed by atoms with Crippen molar-refractivity contribution >= 4 is 45.9 Å². The van der Waals surface area contributed by atoms with Crippen LogP contribution in [0.1, 0.15) is 88.8 Å². The summed E-state index contributed by atoms with van der Waals surface area (Å²) in [6.45, 7) is 10.2. The lowest BCUT2D eigenvalue weighted by Gasteiger charge is -2.29. The molecule has 4 heterocycles. The molecular weight excluding hydrogens is 484 g/mol. The summed E-state index contributed by atoms with van der Waals surface area (Å²) in [5.74, 6) is 0.867. The molecule has 0 aliphatic carbocycles. The van der Waals surface area contributed by atoms with Gasteiger partial charge in [-0.1, -0.05) is 78.4 Å². The van der Waals surface area contributed by atoms with Gasteiger partial charge in [-0.15, -0.1) is 22.7 Å². The Labute approximate surface area is 224 Å². The first-order valence-electron chi connectivity index (χ1n) is 13.8. The number of nitrogens with zero attached hydrogens (tertiary/aromatic N) is 2. The minimum Gasteiger partial charge on any atom is -0.306 e. The maximum absolute atomic E-state index is 14.2. The largest absolute Gasteiger partial charge is 0.306 e. The van der Waals surface area contributed by atoms with Gasteiger partial charge in [0.2, 0.25) is 0 Å². The van der Waals surface area contributed by atoms with E-state index in [4.69, 9.17) is 0 Å². The molecule has 0 unspecified atom stereocenters. The smallest absolute Gasteiger partial charge is 0.261 e. The number of unbranched alkanes of at least 4 members (excludes halogenated alkanes) is 2. The summed E-state index contributed by atoms with van der Waals surface area (Å²) in [5, 5.41) is 4.08. The first-order chi connectivity index (χ1) is 17.5. The van der Waals surface area contributed by atoms with Gasteiger partial charge in [-0.05, 0) is 47.6 Å². The van der Waals surface area contributed by atoms with Gasteiger partial charge in [0.1, 0.15) is 0 Å². The van der Waals surface area contributed by atoms with E-state index >= 15 is 0 Å². The van der Waals surface area contributed by atoms with E-state index in [2.05, 4.69) is 39.8 Å². The molecule has 36 heavy (non-hydrogen) atoms. The lowest BCUT2D eigenvalue weighted by molar-refractivity contribution is -0.124. The van der Waals surface area contributed by atoms with Crippen LogP contribution < -0.4 is 0 Å². The monoisotopic (exact) mass is 524 g/mol. The van der Waals surface area contributed by atoms with E-state index in [1.54, 1.807) is 22.7 Å². The van der Waals surface area contributed by atoms with Crippen LogP contribution in [-0.2, 0) is 9.59 Å². The summed E-state index contributed by atoms with van der Waals surface area (Å²) in [6, 6.07) is 8.14. The van der Waals surface area contributed by atoms with Crippen molar-refractivity contribution < 1.29 is 9.59 Å². The summed E-state index contributed by atoms with van der Waals surface area (Å²) in [7, 11) is 0. The number of carbonyl (C=O) groups excluding carboxylic acids is 2. The molecule has 2 amide bonds. The maximum Gasteiger partial charge on any atom is 0.261 e. The van der Waals surface area contributed by atoms with E-state index in [0.29, 0.717) is 36.1 Å². The predicted molar refractivity (Wildman–Crippen MR) is 153 cm³/mol. The van der Waals surface area contributed by atoms with Gasteiger partial charge in [-0.3, -0.25) is 9.59 Å². The summed E-state index contributed by atoms with van der Waals surface area (Å²) >= 11 is 3.23. The fraction of sp³-hybridized carbons (Fsp3) is 0.533. The van der Waals surface area contributed by atoms with E-state index in [9.17, 15) is 9.59 Å². The van der Waals surface area contributed by atoms with Crippen LogP contribution in [0.25, 0.3) is 11.4 Å². The highest BCUT2D eigenvalue weighted by Gasteiger charge is 2.49. The molecule has 2 aromatic rings. The summed E-state index contributed by atoms with van der Waals surface area (Å²) in [4.78, 5) is 34.3. The number of rotatable bonds is 14. The number of hydrogen-bond donors (Lipinski definition) is 0. The average Bonchev–Trinajstić information content (AvgIpc) is 3.68. The van der Waals surface area contributed by atoms with Gasteiger partial charge in [-0.25, -0.2) is 0 Å². The first-order valence-corrected chi connectivity index (χ1v) is 15.5. The lowest BCUT2D eigenvalue weighted by atomic mass is 9.98. The molecule has 2 atom stereocenters. The van der Waals surface area contributed by atoms with Gasteiger partial charge in [-0.2, -0.15) is 0 Å². The molecule has 0 saturated heterocycles. The van der Waals surface area contributed by atoms with Gasteiger partial charge < -0.3 is 9.80 Å².